The zero-order valence-electron chi connectivity index (χ0n) is 14.5. The molecule has 0 heterocycles. The lowest BCUT2D eigenvalue weighted by molar-refractivity contribution is -0.130. The lowest BCUT2D eigenvalue weighted by Crippen LogP contribution is -2.07. The Balaban J connectivity index is 1.77. The molecule has 124 valence electrons. The van der Waals surface area contributed by atoms with E-state index in [1.807, 2.05) is 12.1 Å². The van der Waals surface area contributed by atoms with Gasteiger partial charge in [0.15, 0.2) is 0 Å². The third kappa shape index (κ3) is 4.04. The zero-order chi connectivity index (χ0) is 17.8. The van der Waals surface area contributed by atoms with Crippen molar-refractivity contribution in [2.24, 2.45) is 0 Å². The van der Waals surface area contributed by atoms with Crippen LogP contribution in [-0.4, -0.2) is 5.97 Å². The molecule has 0 aliphatic carbocycles. The molecule has 3 rings (SSSR count). The number of aryl methyl sites for hydroxylation is 1. The van der Waals surface area contributed by atoms with Crippen LogP contribution in [0.1, 0.15) is 12.5 Å². The van der Waals surface area contributed by atoms with Crippen LogP contribution in [0.5, 0.6) is 5.75 Å². The molecule has 0 spiro atoms. The highest BCUT2D eigenvalue weighted by atomic mass is 16.5. The summed E-state index contributed by atoms with van der Waals surface area (Å²) in [7, 11) is 0. The van der Waals surface area contributed by atoms with E-state index in [-0.39, 0.29) is 0 Å². The van der Waals surface area contributed by atoms with Gasteiger partial charge in [-0.2, -0.15) is 0 Å². The fraction of sp³-hybridized carbons (Fsp3) is 0.0870. The van der Waals surface area contributed by atoms with Gasteiger partial charge in [0.25, 0.3) is 0 Å². The quantitative estimate of drug-likeness (QED) is 0.343. The number of hydrogen-bond acceptors (Lipinski definition) is 2. The number of carbonyl (C=O) groups excluding carboxylic acids is 1. The van der Waals surface area contributed by atoms with Crippen LogP contribution in [0, 0.1) is 6.92 Å². The summed E-state index contributed by atoms with van der Waals surface area (Å²) in [6.45, 7) is 7.30. The van der Waals surface area contributed by atoms with Crippen molar-refractivity contribution in [3.8, 4) is 28.0 Å². The molecule has 25 heavy (non-hydrogen) atoms. The summed E-state index contributed by atoms with van der Waals surface area (Å²) < 4.78 is 5.21. The summed E-state index contributed by atoms with van der Waals surface area (Å²) in [5, 5.41) is 0. The fourth-order valence-corrected chi connectivity index (χ4v) is 2.51. The van der Waals surface area contributed by atoms with E-state index in [4.69, 9.17) is 4.74 Å². The van der Waals surface area contributed by atoms with Crippen LogP contribution >= 0.6 is 0 Å². The third-order valence-electron chi connectivity index (χ3n) is 4.02. The largest absolute Gasteiger partial charge is 0.423 e. The Bertz CT molecular complexity index is 886. The second-order valence-electron chi connectivity index (χ2n) is 6.14. The highest BCUT2D eigenvalue weighted by Crippen LogP contribution is 2.26. The Morgan fingerprint density at radius 1 is 0.720 bits per heavy atom. The Morgan fingerprint density at radius 3 is 1.48 bits per heavy atom. The number of carbonyl (C=O) groups is 1. The summed E-state index contributed by atoms with van der Waals surface area (Å²) >= 11 is 0. The zero-order valence-corrected chi connectivity index (χ0v) is 14.5. The highest BCUT2D eigenvalue weighted by molar-refractivity contribution is 5.88. The van der Waals surface area contributed by atoms with Crippen molar-refractivity contribution in [2.75, 3.05) is 0 Å². The molecule has 0 fully saturated rings. The van der Waals surface area contributed by atoms with Crippen LogP contribution in [0.2, 0.25) is 0 Å². The van der Waals surface area contributed by atoms with Crippen molar-refractivity contribution >= 4 is 5.97 Å². The van der Waals surface area contributed by atoms with E-state index in [2.05, 4.69) is 62.0 Å². The SMILES string of the molecule is C=C(C)C(=O)Oc1ccc(-c2ccc(-c3ccc(C)cc3)cc2)cc1. The lowest BCUT2D eigenvalue weighted by Gasteiger charge is -2.07. The maximum Gasteiger partial charge on any atom is 0.338 e. The minimum absolute atomic E-state index is 0.385. The third-order valence-corrected chi connectivity index (χ3v) is 4.02. The molecule has 0 bridgehead atoms. The molecular formula is C23H20O2. The first kappa shape index (κ1) is 16.7. The van der Waals surface area contributed by atoms with E-state index in [1.54, 1.807) is 19.1 Å². The number of ether oxygens (including phenoxy) is 1. The second-order valence-corrected chi connectivity index (χ2v) is 6.14. The molecule has 2 nitrogen and oxygen atoms in total. The van der Waals surface area contributed by atoms with Gasteiger partial charge in [0.1, 0.15) is 5.75 Å². The molecular weight excluding hydrogens is 308 g/mol. The average molecular weight is 328 g/mol. The molecule has 0 aliphatic heterocycles. The fourth-order valence-electron chi connectivity index (χ4n) is 2.51. The summed E-state index contributed by atoms with van der Waals surface area (Å²) in [4.78, 5) is 11.5. The first-order valence-corrected chi connectivity index (χ1v) is 8.18. The van der Waals surface area contributed by atoms with Gasteiger partial charge in [0.2, 0.25) is 0 Å². The standard InChI is InChI=1S/C23H20O2/c1-16(2)23(24)25-22-14-12-21(13-15-22)20-10-8-19(9-11-20)18-6-4-17(3)5-7-18/h4-15H,1H2,2-3H3. The van der Waals surface area contributed by atoms with E-state index < -0.39 is 5.97 Å². The van der Waals surface area contributed by atoms with Crippen LogP contribution < -0.4 is 4.74 Å². The smallest absolute Gasteiger partial charge is 0.338 e. The first-order valence-electron chi connectivity index (χ1n) is 8.18. The number of rotatable bonds is 4. The minimum atomic E-state index is -0.407. The van der Waals surface area contributed by atoms with Gasteiger partial charge in [0, 0.05) is 5.57 Å². The first-order chi connectivity index (χ1) is 12.0. The van der Waals surface area contributed by atoms with E-state index >= 15 is 0 Å². The molecule has 0 saturated carbocycles. The van der Waals surface area contributed by atoms with Crippen LogP contribution in [0.3, 0.4) is 0 Å². The Kier molecular flexibility index (Phi) is 4.80. The van der Waals surface area contributed by atoms with Crippen LogP contribution in [0.15, 0.2) is 84.9 Å². The molecule has 2 heteroatoms. The van der Waals surface area contributed by atoms with Crippen molar-refractivity contribution in [1.82, 2.24) is 0 Å². The highest BCUT2D eigenvalue weighted by Gasteiger charge is 2.06. The molecule has 0 aromatic heterocycles. The van der Waals surface area contributed by atoms with Gasteiger partial charge in [-0.25, -0.2) is 4.79 Å². The van der Waals surface area contributed by atoms with Gasteiger partial charge in [0.05, 0.1) is 0 Å². The lowest BCUT2D eigenvalue weighted by atomic mass is 10.00. The molecule has 3 aromatic rings. The number of hydrogen-bond donors (Lipinski definition) is 0. The topological polar surface area (TPSA) is 26.3 Å². The van der Waals surface area contributed by atoms with Gasteiger partial charge >= 0.3 is 5.97 Å². The number of benzene rings is 3. The second kappa shape index (κ2) is 7.18. The molecule has 0 aliphatic rings. The predicted molar refractivity (Wildman–Crippen MR) is 103 cm³/mol. The van der Waals surface area contributed by atoms with E-state index in [0.717, 1.165) is 11.1 Å². The van der Waals surface area contributed by atoms with Crippen LogP contribution in [0.25, 0.3) is 22.3 Å². The Labute approximate surface area is 148 Å². The molecule has 0 N–H and O–H groups in total. The van der Waals surface area contributed by atoms with Crippen molar-refractivity contribution < 1.29 is 9.53 Å². The summed E-state index contributed by atoms with van der Waals surface area (Å²) in [5.41, 5.74) is 6.23. The summed E-state index contributed by atoms with van der Waals surface area (Å²) in [5.74, 6) is 0.114. The van der Waals surface area contributed by atoms with Gasteiger partial charge in [-0.05, 0) is 48.2 Å². The summed E-state index contributed by atoms with van der Waals surface area (Å²) in [6, 6.07) is 24.4. The maximum absolute atomic E-state index is 11.5. The molecule has 0 atom stereocenters. The van der Waals surface area contributed by atoms with Crippen LogP contribution in [-0.2, 0) is 4.79 Å². The minimum Gasteiger partial charge on any atom is -0.423 e. The van der Waals surface area contributed by atoms with Crippen molar-refractivity contribution in [3.05, 3.63) is 90.5 Å². The molecule has 0 amide bonds. The normalized spacial score (nSPS) is 10.3. The van der Waals surface area contributed by atoms with Crippen LogP contribution in [0.4, 0.5) is 0 Å². The maximum atomic E-state index is 11.5. The van der Waals surface area contributed by atoms with Gasteiger partial charge < -0.3 is 4.74 Å². The van der Waals surface area contributed by atoms with Gasteiger partial charge in [-0.3, -0.25) is 0 Å². The van der Waals surface area contributed by atoms with E-state index in [9.17, 15) is 4.79 Å². The van der Waals surface area contributed by atoms with Crippen molar-refractivity contribution in [1.29, 1.82) is 0 Å². The van der Waals surface area contributed by atoms with E-state index in [0.29, 0.717) is 11.3 Å². The van der Waals surface area contributed by atoms with Gasteiger partial charge in [-0.15, -0.1) is 0 Å². The Morgan fingerprint density at radius 2 is 1.08 bits per heavy atom. The predicted octanol–water partition coefficient (Wildman–Crippen LogP) is 5.81. The monoisotopic (exact) mass is 328 g/mol. The molecule has 0 saturated heterocycles. The average Bonchev–Trinajstić information content (AvgIpc) is 2.63. The van der Waals surface area contributed by atoms with Crippen molar-refractivity contribution in [3.63, 3.8) is 0 Å². The summed E-state index contributed by atoms with van der Waals surface area (Å²) in [6.07, 6.45) is 0. The Hall–Kier alpha value is -3.13. The van der Waals surface area contributed by atoms with E-state index in [1.165, 1.54) is 16.7 Å². The number of esters is 1. The van der Waals surface area contributed by atoms with Gasteiger partial charge in [-0.1, -0.05) is 72.8 Å². The molecule has 3 aromatic carbocycles. The molecule has 0 radical (unpaired) electrons. The molecule has 0 unspecified atom stereocenters. The van der Waals surface area contributed by atoms with Crippen molar-refractivity contribution in [2.45, 2.75) is 13.8 Å².